The summed E-state index contributed by atoms with van der Waals surface area (Å²) < 4.78 is 23.0. The SMILES string of the molecule is CC[C@H](C)OC(=O)C1(COc2c(-c3ccc4c(c3)CCC4=O)ccc(OC)c2OC)CC1. The molecule has 0 saturated heterocycles. The highest BCUT2D eigenvalue weighted by Gasteiger charge is 2.53. The molecule has 2 aliphatic carbocycles. The van der Waals surface area contributed by atoms with Crippen LogP contribution in [0.5, 0.6) is 17.2 Å². The van der Waals surface area contributed by atoms with Gasteiger partial charge in [0.15, 0.2) is 17.3 Å². The lowest BCUT2D eigenvalue weighted by Crippen LogP contribution is -2.28. The topological polar surface area (TPSA) is 71.1 Å². The van der Waals surface area contributed by atoms with Crippen molar-refractivity contribution < 1.29 is 28.5 Å². The summed E-state index contributed by atoms with van der Waals surface area (Å²) in [5, 5.41) is 0. The van der Waals surface area contributed by atoms with Gasteiger partial charge in [-0.1, -0.05) is 25.1 Å². The monoisotopic (exact) mass is 438 g/mol. The lowest BCUT2D eigenvalue weighted by Gasteiger charge is -2.22. The highest BCUT2D eigenvalue weighted by molar-refractivity contribution is 6.01. The third kappa shape index (κ3) is 4.06. The Kier molecular flexibility index (Phi) is 6.13. The third-order valence-electron chi connectivity index (χ3n) is 6.50. The van der Waals surface area contributed by atoms with Crippen molar-refractivity contribution in [1.82, 2.24) is 0 Å². The summed E-state index contributed by atoms with van der Waals surface area (Å²) in [6.45, 7) is 4.10. The third-order valence-corrected chi connectivity index (χ3v) is 6.50. The number of carbonyl (C=O) groups excluding carboxylic acids is 2. The Bertz CT molecular complexity index is 1040. The summed E-state index contributed by atoms with van der Waals surface area (Å²) >= 11 is 0. The molecule has 0 N–H and O–H groups in total. The van der Waals surface area contributed by atoms with E-state index in [9.17, 15) is 9.59 Å². The van der Waals surface area contributed by atoms with Crippen molar-refractivity contribution in [3.63, 3.8) is 0 Å². The molecule has 0 aromatic heterocycles. The van der Waals surface area contributed by atoms with E-state index < -0.39 is 5.41 Å². The fourth-order valence-corrected chi connectivity index (χ4v) is 4.05. The van der Waals surface area contributed by atoms with Gasteiger partial charge in [0.2, 0.25) is 5.75 Å². The molecule has 6 nitrogen and oxygen atoms in total. The molecule has 6 heteroatoms. The molecule has 1 atom stereocenters. The minimum absolute atomic E-state index is 0.115. The normalized spacial score (nSPS) is 16.8. The van der Waals surface area contributed by atoms with Gasteiger partial charge >= 0.3 is 5.97 Å². The van der Waals surface area contributed by atoms with E-state index in [1.54, 1.807) is 14.2 Å². The molecule has 0 radical (unpaired) electrons. The molecule has 0 unspecified atom stereocenters. The minimum Gasteiger partial charge on any atom is -0.493 e. The zero-order chi connectivity index (χ0) is 22.9. The van der Waals surface area contributed by atoms with Crippen molar-refractivity contribution >= 4 is 11.8 Å². The van der Waals surface area contributed by atoms with Gasteiger partial charge in [0, 0.05) is 17.5 Å². The lowest BCUT2D eigenvalue weighted by atomic mass is 9.99. The average molecular weight is 439 g/mol. The number of aryl methyl sites for hydroxylation is 1. The van der Waals surface area contributed by atoms with E-state index in [0.29, 0.717) is 23.7 Å². The van der Waals surface area contributed by atoms with Crippen LogP contribution in [0.4, 0.5) is 0 Å². The van der Waals surface area contributed by atoms with Crippen molar-refractivity contribution in [1.29, 1.82) is 0 Å². The van der Waals surface area contributed by atoms with Crippen LogP contribution in [-0.4, -0.2) is 38.7 Å². The maximum absolute atomic E-state index is 12.7. The van der Waals surface area contributed by atoms with Crippen LogP contribution >= 0.6 is 0 Å². The van der Waals surface area contributed by atoms with E-state index in [2.05, 4.69) is 0 Å². The van der Waals surface area contributed by atoms with Gasteiger partial charge in [-0.05, 0) is 55.9 Å². The Morgan fingerprint density at radius 1 is 1.03 bits per heavy atom. The van der Waals surface area contributed by atoms with E-state index in [1.165, 1.54) is 0 Å². The summed E-state index contributed by atoms with van der Waals surface area (Å²) in [4.78, 5) is 24.8. The summed E-state index contributed by atoms with van der Waals surface area (Å²) in [7, 11) is 3.15. The Morgan fingerprint density at radius 3 is 2.44 bits per heavy atom. The molecule has 0 heterocycles. The molecule has 4 rings (SSSR count). The van der Waals surface area contributed by atoms with Crippen molar-refractivity contribution in [3.05, 3.63) is 41.5 Å². The lowest BCUT2D eigenvalue weighted by molar-refractivity contribution is -0.156. The number of methoxy groups -OCH3 is 2. The van der Waals surface area contributed by atoms with Crippen LogP contribution in [0.2, 0.25) is 0 Å². The summed E-state index contributed by atoms with van der Waals surface area (Å²) in [5.74, 6) is 1.54. The molecule has 1 saturated carbocycles. The Hall–Kier alpha value is -3.02. The fourth-order valence-electron chi connectivity index (χ4n) is 4.05. The van der Waals surface area contributed by atoms with Crippen LogP contribution in [0.3, 0.4) is 0 Å². The van der Waals surface area contributed by atoms with Gasteiger partial charge in [-0.2, -0.15) is 0 Å². The van der Waals surface area contributed by atoms with Crippen LogP contribution in [0.15, 0.2) is 30.3 Å². The van der Waals surface area contributed by atoms with E-state index in [0.717, 1.165) is 47.9 Å². The highest BCUT2D eigenvalue weighted by atomic mass is 16.6. The second-order valence-electron chi connectivity index (χ2n) is 8.67. The highest BCUT2D eigenvalue weighted by Crippen LogP contribution is 2.50. The van der Waals surface area contributed by atoms with Crippen LogP contribution in [0.1, 0.15) is 55.5 Å². The average Bonchev–Trinajstić information content (AvgIpc) is 3.53. The largest absolute Gasteiger partial charge is 0.493 e. The predicted molar refractivity (Wildman–Crippen MR) is 121 cm³/mol. The molecular formula is C26H30O6. The number of esters is 1. The van der Waals surface area contributed by atoms with E-state index in [-0.39, 0.29) is 24.5 Å². The van der Waals surface area contributed by atoms with Crippen molar-refractivity contribution in [2.24, 2.45) is 5.41 Å². The van der Waals surface area contributed by atoms with Crippen molar-refractivity contribution in [2.45, 2.75) is 52.1 Å². The standard InChI is InChI=1S/C26H30O6/c1-5-16(2)32-25(28)26(12-13-26)15-31-23-20(9-11-22(29-3)24(23)30-4)18-6-8-19-17(14-18)7-10-21(19)27/h6,8-9,11,14,16H,5,7,10,12-13,15H2,1-4H3/t16-/m0/s1. The van der Waals surface area contributed by atoms with Gasteiger partial charge in [-0.25, -0.2) is 0 Å². The summed E-state index contributed by atoms with van der Waals surface area (Å²) in [6, 6.07) is 9.61. The fraction of sp³-hybridized carbons (Fsp3) is 0.462. The van der Waals surface area contributed by atoms with Gasteiger partial charge < -0.3 is 18.9 Å². The summed E-state index contributed by atoms with van der Waals surface area (Å²) in [6.07, 6.45) is 3.44. The molecule has 0 aliphatic heterocycles. The molecule has 2 aliphatic rings. The van der Waals surface area contributed by atoms with Gasteiger partial charge in [0.1, 0.15) is 12.0 Å². The first-order valence-electron chi connectivity index (χ1n) is 11.2. The number of ether oxygens (including phenoxy) is 4. The maximum Gasteiger partial charge on any atom is 0.315 e. The molecule has 2 aromatic rings. The first-order chi connectivity index (χ1) is 15.4. The number of Topliss-reactive ketones (excluding diaryl/α,β-unsaturated/α-hetero) is 1. The second kappa shape index (κ2) is 8.85. The molecule has 0 bridgehead atoms. The molecular weight excluding hydrogens is 408 g/mol. The molecule has 170 valence electrons. The quantitative estimate of drug-likeness (QED) is 0.513. The maximum atomic E-state index is 12.7. The second-order valence-corrected chi connectivity index (χ2v) is 8.67. The van der Waals surface area contributed by atoms with Crippen molar-refractivity contribution in [2.75, 3.05) is 20.8 Å². The molecule has 0 amide bonds. The van der Waals surface area contributed by atoms with Crippen LogP contribution in [0, 0.1) is 5.41 Å². The number of ketones is 1. The minimum atomic E-state index is -0.612. The van der Waals surface area contributed by atoms with Gasteiger partial charge in [0.25, 0.3) is 0 Å². The number of benzene rings is 2. The van der Waals surface area contributed by atoms with Crippen molar-refractivity contribution in [3.8, 4) is 28.4 Å². The Balaban J connectivity index is 1.66. The molecule has 2 aromatic carbocycles. The number of rotatable bonds is 9. The number of carbonyl (C=O) groups is 2. The zero-order valence-corrected chi connectivity index (χ0v) is 19.2. The first kappa shape index (κ1) is 22.2. The number of hydrogen-bond acceptors (Lipinski definition) is 6. The Labute approximate surface area is 188 Å². The van der Waals surface area contributed by atoms with Gasteiger partial charge in [-0.3, -0.25) is 9.59 Å². The molecule has 1 fully saturated rings. The number of fused-ring (bicyclic) bond motifs is 1. The molecule has 0 spiro atoms. The summed E-state index contributed by atoms with van der Waals surface area (Å²) in [5.41, 5.74) is 2.99. The zero-order valence-electron chi connectivity index (χ0n) is 19.2. The number of hydrogen-bond donors (Lipinski definition) is 0. The Morgan fingerprint density at radius 2 is 1.78 bits per heavy atom. The van der Waals surface area contributed by atoms with Crippen LogP contribution in [-0.2, 0) is 16.0 Å². The predicted octanol–water partition coefficient (Wildman–Crippen LogP) is 5.00. The first-order valence-corrected chi connectivity index (χ1v) is 11.2. The smallest absolute Gasteiger partial charge is 0.315 e. The van der Waals surface area contributed by atoms with Crippen LogP contribution in [0.25, 0.3) is 11.1 Å². The van der Waals surface area contributed by atoms with Crippen LogP contribution < -0.4 is 14.2 Å². The van der Waals surface area contributed by atoms with E-state index in [4.69, 9.17) is 18.9 Å². The molecule has 32 heavy (non-hydrogen) atoms. The van der Waals surface area contributed by atoms with E-state index >= 15 is 0 Å². The van der Waals surface area contributed by atoms with Gasteiger partial charge in [-0.15, -0.1) is 0 Å². The van der Waals surface area contributed by atoms with Gasteiger partial charge in [0.05, 0.1) is 20.3 Å². The van der Waals surface area contributed by atoms with E-state index in [1.807, 2.05) is 44.2 Å².